The van der Waals surface area contributed by atoms with Crippen molar-refractivity contribution < 1.29 is 97.7 Å². The Labute approximate surface area is 376 Å². The molecule has 5 rings (SSSR count). The monoisotopic (exact) mass is 953 g/mol. The minimum Gasteiger partial charge on any atom is -0.463 e. The molecule has 360 valence electrons. The van der Waals surface area contributed by atoms with Crippen LogP contribution in [0.3, 0.4) is 0 Å². The molecule has 2 amide bonds. The molecule has 0 saturated carbocycles. The van der Waals surface area contributed by atoms with Crippen molar-refractivity contribution in [3.63, 3.8) is 0 Å². The average Bonchev–Trinajstić information content (AvgIpc) is 3.72. The van der Waals surface area contributed by atoms with E-state index in [-0.39, 0.29) is 95.1 Å². The zero-order valence-electron chi connectivity index (χ0n) is 36.0. The second kappa shape index (κ2) is 24.0. The molecule has 0 spiro atoms. The number of hydrogen-bond acceptors (Lipinski definition) is 22. The lowest BCUT2D eigenvalue weighted by atomic mass is 9.98. The van der Waals surface area contributed by atoms with Gasteiger partial charge in [0.25, 0.3) is 11.8 Å². The number of esters is 4. The van der Waals surface area contributed by atoms with Crippen molar-refractivity contribution in [2.24, 2.45) is 5.11 Å². The van der Waals surface area contributed by atoms with Crippen LogP contribution < -0.4 is 33.2 Å². The number of nitrogens with one attached hydrogen (secondary N) is 2. The largest absolute Gasteiger partial charge is 0.501 e. The molecular weight excluding hydrogens is 907 g/mol. The molecule has 1 fully saturated rings. The number of benzene rings is 2. The van der Waals surface area contributed by atoms with E-state index in [9.17, 15) is 37.2 Å². The molecule has 3 aliphatic rings. The molecule has 0 unspecified atom stereocenters. The first kappa shape index (κ1) is 50.4. The number of azide groups is 1. The number of carbonyl (C=O) groups is 6. The van der Waals surface area contributed by atoms with Crippen molar-refractivity contribution in [3.8, 4) is 28.7 Å². The summed E-state index contributed by atoms with van der Waals surface area (Å²) in [5, 5.41) is 8.57. The summed E-state index contributed by atoms with van der Waals surface area (Å²) in [6, 6.07) is 4.77. The molecule has 66 heavy (non-hydrogen) atoms. The van der Waals surface area contributed by atoms with Gasteiger partial charge in [0.15, 0.2) is 29.5 Å². The van der Waals surface area contributed by atoms with Gasteiger partial charge in [0, 0.05) is 57.8 Å². The second-order valence-corrected chi connectivity index (χ2v) is 15.1. The third kappa shape index (κ3) is 14.4. The predicted molar refractivity (Wildman–Crippen MR) is 217 cm³/mol. The Morgan fingerprint density at radius 3 is 2.18 bits per heavy atom. The molecule has 26 nitrogen and oxygen atoms in total. The van der Waals surface area contributed by atoms with Crippen LogP contribution in [0.15, 0.2) is 29.4 Å². The summed E-state index contributed by atoms with van der Waals surface area (Å²) in [5.74, 6) is -6.86. The zero-order valence-corrected chi connectivity index (χ0v) is 36.8. The number of rotatable bonds is 24. The Balaban J connectivity index is 1.41. The Morgan fingerprint density at radius 1 is 0.833 bits per heavy atom. The molecule has 27 heteroatoms. The van der Waals surface area contributed by atoms with Gasteiger partial charge < -0.3 is 71.1 Å². The number of carbonyl (C=O) groups excluding carboxylic acids is 6. The van der Waals surface area contributed by atoms with Gasteiger partial charge in [-0.1, -0.05) is 5.11 Å². The fourth-order valence-corrected chi connectivity index (χ4v) is 7.22. The normalized spacial score (nSPS) is 19.5. The maximum Gasteiger partial charge on any atom is 0.501 e. The molecule has 2 aromatic carbocycles. The highest BCUT2D eigenvalue weighted by atomic mass is 32.3. The van der Waals surface area contributed by atoms with Crippen molar-refractivity contribution in [2.45, 2.75) is 64.8 Å². The van der Waals surface area contributed by atoms with Crippen LogP contribution in [0.5, 0.6) is 28.7 Å². The molecule has 0 bridgehead atoms. The molecule has 0 aliphatic carbocycles. The van der Waals surface area contributed by atoms with Crippen molar-refractivity contribution in [2.75, 3.05) is 72.7 Å². The molecule has 5 atom stereocenters. The Morgan fingerprint density at radius 2 is 1.50 bits per heavy atom. The standard InChI is InChI=1S/C39H47N5O21S/c1-21(45)56-19-30-33(59-22(2)46)35(60-23(3)47)36(61-24(4)48)39(63-30)62-27-6-5-26(37(49)42-9-11-53-13-15-55-16-14-54-12-10-43-44-40)18-28(27)64-66(51,52)65-34-31-25(7-8-41-38(31)50)17-29-32(34)58-20-57-29/h5-6,17-18,30,33,35-36,39H,7-16,19-20H2,1-4H3,(H,41,50)(H,42,49)/t30-,33+,35+,36-,39-/m1/s1. The molecule has 1 saturated heterocycles. The summed E-state index contributed by atoms with van der Waals surface area (Å²) in [5.41, 5.74) is 8.31. The summed E-state index contributed by atoms with van der Waals surface area (Å²) in [6.07, 6.45) is -8.00. The average molecular weight is 954 g/mol. The Bertz CT molecular complexity index is 2270. The summed E-state index contributed by atoms with van der Waals surface area (Å²) in [7, 11) is -5.32. The zero-order chi connectivity index (χ0) is 47.8. The first-order valence-electron chi connectivity index (χ1n) is 20.1. The van der Waals surface area contributed by atoms with Gasteiger partial charge in [0.2, 0.25) is 30.7 Å². The molecule has 0 radical (unpaired) electrons. The lowest BCUT2D eigenvalue weighted by Gasteiger charge is -2.43. The van der Waals surface area contributed by atoms with Crippen LogP contribution in [0.1, 0.15) is 54.0 Å². The van der Waals surface area contributed by atoms with Crippen molar-refractivity contribution in [1.82, 2.24) is 10.6 Å². The maximum absolute atomic E-state index is 13.9. The first-order valence-corrected chi connectivity index (χ1v) is 21.4. The minimum absolute atomic E-state index is 0.0176. The van der Waals surface area contributed by atoms with E-state index >= 15 is 0 Å². The van der Waals surface area contributed by atoms with Gasteiger partial charge in [0.05, 0.1) is 45.2 Å². The van der Waals surface area contributed by atoms with Gasteiger partial charge in [-0.2, -0.15) is 0 Å². The van der Waals surface area contributed by atoms with Crippen LogP contribution in [-0.4, -0.2) is 147 Å². The highest BCUT2D eigenvalue weighted by Gasteiger charge is 2.53. The number of ether oxygens (including phenoxy) is 11. The molecule has 2 N–H and O–H groups in total. The quantitative estimate of drug-likeness (QED) is 0.0369. The summed E-state index contributed by atoms with van der Waals surface area (Å²) < 4.78 is 99.1. The fourth-order valence-electron chi connectivity index (χ4n) is 6.47. The van der Waals surface area contributed by atoms with Crippen LogP contribution in [-0.2, 0) is 73.9 Å². The van der Waals surface area contributed by atoms with E-state index in [1.807, 2.05) is 0 Å². The molecule has 0 aromatic heterocycles. The third-order valence-corrected chi connectivity index (χ3v) is 9.81. The lowest BCUT2D eigenvalue weighted by Crippen LogP contribution is -2.63. The van der Waals surface area contributed by atoms with E-state index in [0.29, 0.717) is 5.56 Å². The van der Waals surface area contributed by atoms with Gasteiger partial charge in [-0.25, -0.2) is 0 Å². The van der Waals surface area contributed by atoms with E-state index in [4.69, 9.17) is 66.0 Å². The molecule has 2 aromatic rings. The number of amides is 2. The second-order valence-electron chi connectivity index (χ2n) is 13.9. The third-order valence-electron chi connectivity index (χ3n) is 9.06. The van der Waals surface area contributed by atoms with E-state index in [0.717, 1.165) is 39.8 Å². The highest BCUT2D eigenvalue weighted by Crippen LogP contribution is 2.47. The highest BCUT2D eigenvalue weighted by molar-refractivity contribution is 7.82. The van der Waals surface area contributed by atoms with Crippen LogP contribution in [0.2, 0.25) is 0 Å². The predicted octanol–water partition coefficient (Wildman–Crippen LogP) is 0.956. The molecule has 3 heterocycles. The van der Waals surface area contributed by atoms with Gasteiger partial charge in [-0.3, -0.25) is 28.8 Å². The van der Waals surface area contributed by atoms with Crippen molar-refractivity contribution in [3.05, 3.63) is 51.4 Å². The van der Waals surface area contributed by atoms with Crippen LogP contribution in [0.4, 0.5) is 0 Å². The Kier molecular flexibility index (Phi) is 18.3. The van der Waals surface area contributed by atoms with Crippen molar-refractivity contribution in [1.29, 1.82) is 0 Å². The van der Waals surface area contributed by atoms with Crippen LogP contribution in [0, 0.1) is 0 Å². The number of fused-ring (bicyclic) bond motifs is 2. The lowest BCUT2D eigenvalue weighted by molar-refractivity contribution is -0.288. The smallest absolute Gasteiger partial charge is 0.463 e. The Hall–Kier alpha value is -6.64. The van der Waals surface area contributed by atoms with Gasteiger partial charge in [-0.05, 0) is 41.8 Å². The van der Waals surface area contributed by atoms with E-state index in [1.54, 1.807) is 0 Å². The summed E-state index contributed by atoms with van der Waals surface area (Å²) in [4.78, 5) is 78.0. The minimum atomic E-state index is -5.32. The molecule has 3 aliphatic heterocycles. The van der Waals surface area contributed by atoms with Gasteiger partial charge >= 0.3 is 34.3 Å². The van der Waals surface area contributed by atoms with Gasteiger partial charge in [0.1, 0.15) is 12.7 Å². The first-order chi connectivity index (χ1) is 31.6. The van der Waals surface area contributed by atoms with E-state index in [2.05, 4.69) is 20.7 Å². The van der Waals surface area contributed by atoms with Crippen molar-refractivity contribution >= 4 is 46.1 Å². The topological polar surface area (TPSA) is 329 Å². The number of hydrogen-bond donors (Lipinski definition) is 2. The van der Waals surface area contributed by atoms with Crippen LogP contribution >= 0.6 is 0 Å². The number of nitrogens with zero attached hydrogens (tertiary/aromatic N) is 3. The summed E-state index contributed by atoms with van der Waals surface area (Å²) >= 11 is 0. The SMILES string of the molecule is CC(=O)OC[C@H]1O[C@@H](Oc2ccc(C(=O)NCCOCCOCCOCCN=[N+]=[N-])cc2OS(=O)(=O)Oc2c3c(cc4c2C(=O)NCC4)OCO3)[C@H](OC(C)=O)[C@@H](OC(C)=O)[C@H]1OC(C)=O. The summed E-state index contributed by atoms with van der Waals surface area (Å²) in [6.45, 7) is 4.84. The maximum atomic E-state index is 13.9. The van der Waals surface area contributed by atoms with E-state index in [1.165, 1.54) is 12.1 Å². The van der Waals surface area contributed by atoms with E-state index < -0.39 is 101 Å². The fraction of sp³-hybridized carbons (Fsp3) is 0.538. The van der Waals surface area contributed by atoms with Gasteiger partial charge in [-0.15, -0.1) is 8.42 Å². The van der Waals surface area contributed by atoms with Crippen LogP contribution in [0.25, 0.3) is 10.4 Å². The molecular formula is C39H47N5O21S.